The SMILES string of the molecule is CCn1nc(C)c(N)c1Oc1ccccc1Br. The van der Waals surface area contributed by atoms with Gasteiger partial charge in [0.05, 0.1) is 10.2 Å². The second kappa shape index (κ2) is 4.79. The minimum atomic E-state index is 0.586. The predicted molar refractivity (Wildman–Crippen MR) is 71.3 cm³/mol. The number of benzene rings is 1. The van der Waals surface area contributed by atoms with Gasteiger partial charge in [-0.3, -0.25) is 0 Å². The first-order chi connectivity index (χ1) is 8.13. The van der Waals surface area contributed by atoms with E-state index in [0.717, 1.165) is 22.5 Å². The lowest BCUT2D eigenvalue weighted by Gasteiger charge is -2.09. The van der Waals surface area contributed by atoms with Gasteiger partial charge >= 0.3 is 0 Å². The Balaban J connectivity index is 2.39. The van der Waals surface area contributed by atoms with Crippen molar-refractivity contribution >= 4 is 21.6 Å². The van der Waals surface area contributed by atoms with Crippen LogP contribution >= 0.6 is 15.9 Å². The molecule has 1 heterocycles. The maximum absolute atomic E-state index is 5.95. The van der Waals surface area contributed by atoms with Crippen molar-refractivity contribution in [3.8, 4) is 11.6 Å². The predicted octanol–water partition coefficient (Wildman–Crippen LogP) is 3.35. The summed E-state index contributed by atoms with van der Waals surface area (Å²) in [5, 5.41) is 4.31. The third-order valence-electron chi connectivity index (χ3n) is 2.47. The summed E-state index contributed by atoms with van der Waals surface area (Å²) in [4.78, 5) is 0. The van der Waals surface area contributed by atoms with Gasteiger partial charge in [0.25, 0.3) is 0 Å². The fourth-order valence-corrected chi connectivity index (χ4v) is 1.89. The van der Waals surface area contributed by atoms with Gasteiger partial charge in [-0.2, -0.15) is 5.10 Å². The minimum Gasteiger partial charge on any atom is -0.436 e. The number of ether oxygens (including phenoxy) is 1. The normalized spacial score (nSPS) is 10.5. The van der Waals surface area contributed by atoms with Crippen LogP contribution in [0.2, 0.25) is 0 Å². The van der Waals surface area contributed by atoms with Crippen molar-refractivity contribution in [2.75, 3.05) is 5.73 Å². The summed E-state index contributed by atoms with van der Waals surface area (Å²) in [6.07, 6.45) is 0. The Kier molecular flexibility index (Phi) is 3.38. The molecule has 0 unspecified atom stereocenters. The van der Waals surface area contributed by atoms with Gasteiger partial charge in [-0.1, -0.05) is 12.1 Å². The number of aryl methyl sites for hydroxylation is 2. The van der Waals surface area contributed by atoms with Crippen LogP contribution in [0, 0.1) is 6.92 Å². The molecule has 0 aliphatic heterocycles. The first kappa shape index (κ1) is 12.0. The second-order valence-corrected chi connectivity index (χ2v) is 4.51. The van der Waals surface area contributed by atoms with Crippen molar-refractivity contribution in [2.24, 2.45) is 0 Å². The van der Waals surface area contributed by atoms with Crippen LogP contribution in [0.5, 0.6) is 11.6 Å². The minimum absolute atomic E-state index is 0.586. The van der Waals surface area contributed by atoms with E-state index in [2.05, 4.69) is 21.0 Å². The lowest BCUT2D eigenvalue weighted by atomic mass is 10.3. The number of para-hydroxylation sites is 1. The molecule has 1 aromatic carbocycles. The Bertz CT molecular complexity index is 537. The summed E-state index contributed by atoms with van der Waals surface area (Å²) in [7, 11) is 0. The number of hydrogen-bond donors (Lipinski definition) is 1. The molecule has 2 rings (SSSR count). The summed E-state index contributed by atoms with van der Waals surface area (Å²) >= 11 is 3.44. The number of halogens is 1. The zero-order valence-corrected chi connectivity index (χ0v) is 11.4. The van der Waals surface area contributed by atoms with E-state index in [4.69, 9.17) is 10.5 Å². The molecule has 17 heavy (non-hydrogen) atoms. The molecule has 90 valence electrons. The summed E-state index contributed by atoms with van der Waals surface area (Å²) < 4.78 is 8.46. The molecule has 0 aliphatic rings. The Labute approximate surface area is 109 Å². The number of aromatic nitrogens is 2. The fourth-order valence-electron chi connectivity index (χ4n) is 1.53. The van der Waals surface area contributed by atoms with Crippen LogP contribution in [0.1, 0.15) is 12.6 Å². The molecule has 1 aromatic heterocycles. The topological polar surface area (TPSA) is 53.1 Å². The van der Waals surface area contributed by atoms with Gasteiger partial charge in [-0.15, -0.1) is 0 Å². The lowest BCUT2D eigenvalue weighted by Crippen LogP contribution is -2.01. The molecule has 0 bridgehead atoms. The average molecular weight is 296 g/mol. The Hall–Kier alpha value is -1.49. The molecule has 4 nitrogen and oxygen atoms in total. The van der Waals surface area contributed by atoms with Crippen molar-refractivity contribution in [1.29, 1.82) is 0 Å². The Morgan fingerprint density at radius 1 is 1.41 bits per heavy atom. The van der Waals surface area contributed by atoms with Gasteiger partial charge in [0, 0.05) is 6.54 Å². The molecule has 0 saturated heterocycles. The van der Waals surface area contributed by atoms with E-state index >= 15 is 0 Å². The molecule has 0 radical (unpaired) electrons. The third kappa shape index (κ3) is 2.29. The molecule has 2 N–H and O–H groups in total. The fraction of sp³-hybridized carbons (Fsp3) is 0.250. The van der Waals surface area contributed by atoms with E-state index in [1.807, 2.05) is 38.1 Å². The van der Waals surface area contributed by atoms with Crippen LogP contribution in [0.3, 0.4) is 0 Å². The molecular formula is C12H14BrN3O. The van der Waals surface area contributed by atoms with E-state index in [9.17, 15) is 0 Å². The maximum Gasteiger partial charge on any atom is 0.241 e. The van der Waals surface area contributed by atoms with E-state index in [1.54, 1.807) is 4.68 Å². The highest BCUT2D eigenvalue weighted by atomic mass is 79.9. The van der Waals surface area contributed by atoms with Gasteiger partial charge in [0.15, 0.2) is 0 Å². The van der Waals surface area contributed by atoms with Gasteiger partial charge < -0.3 is 10.5 Å². The second-order valence-electron chi connectivity index (χ2n) is 3.65. The molecule has 0 aliphatic carbocycles. The van der Waals surface area contributed by atoms with Crippen molar-refractivity contribution < 1.29 is 4.74 Å². The monoisotopic (exact) mass is 295 g/mol. The third-order valence-corrected chi connectivity index (χ3v) is 3.12. The number of nitrogens with zero attached hydrogens (tertiary/aromatic N) is 2. The van der Waals surface area contributed by atoms with Crippen molar-refractivity contribution in [2.45, 2.75) is 20.4 Å². The van der Waals surface area contributed by atoms with Crippen molar-refractivity contribution in [3.05, 3.63) is 34.4 Å². The highest BCUT2D eigenvalue weighted by molar-refractivity contribution is 9.10. The van der Waals surface area contributed by atoms with Crippen LogP contribution < -0.4 is 10.5 Å². The van der Waals surface area contributed by atoms with E-state index < -0.39 is 0 Å². The quantitative estimate of drug-likeness (QED) is 0.945. The molecule has 5 heteroatoms. The number of hydrogen-bond acceptors (Lipinski definition) is 3. The van der Waals surface area contributed by atoms with Crippen LogP contribution in [-0.2, 0) is 6.54 Å². The van der Waals surface area contributed by atoms with Crippen LogP contribution in [0.25, 0.3) is 0 Å². The molecule has 0 atom stereocenters. The van der Waals surface area contributed by atoms with E-state index in [0.29, 0.717) is 11.6 Å². The number of anilines is 1. The number of rotatable bonds is 3. The van der Waals surface area contributed by atoms with Gasteiger partial charge in [-0.05, 0) is 41.9 Å². The summed E-state index contributed by atoms with van der Waals surface area (Å²) in [6, 6.07) is 7.65. The first-order valence-electron chi connectivity index (χ1n) is 5.38. The molecule has 0 saturated carbocycles. The molecule has 0 fully saturated rings. The average Bonchev–Trinajstić information content (AvgIpc) is 2.59. The highest BCUT2D eigenvalue weighted by Gasteiger charge is 2.14. The smallest absolute Gasteiger partial charge is 0.241 e. The maximum atomic E-state index is 5.95. The van der Waals surface area contributed by atoms with Gasteiger partial charge in [-0.25, -0.2) is 4.68 Å². The van der Waals surface area contributed by atoms with E-state index in [1.165, 1.54) is 0 Å². The Morgan fingerprint density at radius 3 is 2.76 bits per heavy atom. The van der Waals surface area contributed by atoms with Crippen LogP contribution in [-0.4, -0.2) is 9.78 Å². The van der Waals surface area contributed by atoms with Crippen LogP contribution in [0.15, 0.2) is 28.7 Å². The first-order valence-corrected chi connectivity index (χ1v) is 6.18. The van der Waals surface area contributed by atoms with E-state index in [-0.39, 0.29) is 0 Å². The number of nitrogen functional groups attached to an aromatic ring is 1. The van der Waals surface area contributed by atoms with Gasteiger partial charge in [0.1, 0.15) is 11.4 Å². The summed E-state index contributed by atoms with van der Waals surface area (Å²) in [5.41, 5.74) is 7.33. The standard InChI is InChI=1S/C12H14BrN3O/c1-3-16-12(11(14)8(2)15-16)17-10-7-5-4-6-9(10)13/h4-7H,3,14H2,1-2H3. The molecular weight excluding hydrogens is 282 g/mol. The number of nitrogens with two attached hydrogens (primary N) is 1. The lowest BCUT2D eigenvalue weighted by molar-refractivity contribution is 0.416. The summed E-state index contributed by atoms with van der Waals surface area (Å²) in [5.74, 6) is 1.32. The highest BCUT2D eigenvalue weighted by Crippen LogP contribution is 2.33. The van der Waals surface area contributed by atoms with Crippen molar-refractivity contribution in [1.82, 2.24) is 9.78 Å². The largest absolute Gasteiger partial charge is 0.436 e. The molecule has 2 aromatic rings. The molecule has 0 amide bonds. The summed E-state index contributed by atoms with van der Waals surface area (Å²) in [6.45, 7) is 4.59. The van der Waals surface area contributed by atoms with Gasteiger partial charge in [0.2, 0.25) is 5.88 Å². The molecule has 0 spiro atoms. The zero-order valence-electron chi connectivity index (χ0n) is 9.77. The Morgan fingerprint density at radius 2 is 2.12 bits per heavy atom. The zero-order chi connectivity index (χ0) is 12.4. The van der Waals surface area contributed by atoms with Crippen LogP contribution in [0.4, 0.5) is 5.69 Å². The van der Waals surface area contributed by atoms with Crippen molar-refractivity contribution in [3.63, 3.8) is 0 Å².